The van der Waals surface area contributed by atoms with Gasteiger partial charge in [0.15, 0.2) is 5.13 Å². The summed E-state index contributed by atoms with van der Waals surface area (Å²) in [6, 6.07) is 12.2. The highest BCUT2D eigenvalue weighted by Crippen LogP contribution is 2.32. The van der Waals surface area contributed by atoms with Crippen molar-refractivity contribution >= 4 is 28.2 Å². The molecule has 1 amide bonds. The highest BCUT2D eigenvalue weighted by Gasteiger charge is 2.25. The molecular weight excluding hydrogens is 396 g/mol. The van der Waals surface area contributed by atoms with Crippen molar-refractivity contribution in [1.29, 1.82) is 0 Å². The SMILES string of the molecule is CNCC(=O)N1CCC(c2cc(Nc3ncc(-c4ccccc4)s3)nc(C)n2)CC1. The Labute approximate surface area is 180 Å². The number of nitrogens with one attached hydrogen (secondary N) is 2. The topological polar surface area (TPSA) is 83.0 Å². The molecule has 0 unspecified atom stereocenters. The van der Waals surface area contributed by atoms with Gasteiger partial charge in [-0.15, -0.1) is 0 Å². The summed E-state index contributed by atoms with van der Waals surface area (Å²) >= 11 is 1.60. The Bertz CT molecular complexity index is 998. The number of piperidine rings is 1. The van der Waals surface area contributed by atoms with E-state index in [2.05, 4.69) is 37.7 Å². The van der Waals surface area contributed by atoms with E-state index in [-0.39, 0.29) is 5.91 Å². The van der Waals surface area contributed by atoms with E-state index in [9.17, 15) is 4.79 Å². The summed E-state index contributed by atoms with van der Waals surface area (Å²) in [7, 11) is 1.80. The van der Waals surface area contributed by atoms with Gasteiger partial charge >= 0.3 is 0 Å². The zero-order valence-corrected chi connectivity index (χ0v) is 18.1. The first-order valence-electron chi connectivity index (χ1n) is 10.2. The van der Waals surface area contributed by atoms with Crippen molar-refractivity contribution in [1.82, 2.24) is 25.2 Å². The summed E-state index contributed by atoms with van der Waals surface area (Å²) in [6.45, 7) is 3.84. The number of likely N-dealkylation sites (N-methyl/N-ethyl adjacent to an activating group) is 1. The third-order valence-corrected chi connectivity index (χ3v) is 6.21. The highest BCUT2D eigenvalue weighted by atomic mass is 32.1. The number of hydrogen-bond donors (Lipinski definition) is 2. The van der Waals surface area contributed by atoms with Crippen molar-refractivity contribution in [3.8, 4) is 10.4 Å². The minimum absolute atomic E-state index is 0.162. The van der Waals surface area contributed by atoms with E-state index >= 15 is 0 Å². The summed E-state index contributed by atoms with van der Waals surface area (Å²) < 4.78 is 0. The molecular formula is C22H26N6OS. The quantitative estimate of drug-likeness (QED) is 0.632. The van der Waals surface area contributed by atoms with Crippen LogP contribution in [-0.2, 0) is 4.79 Å². The van der Waals surface area contributed by atoms with Crippen molar-refractivity contribution in [2.24, 2.45) is 0 Å². The zero-order valence-electron chi connectivity index (χ0n) is 17.3. The normalized spacial score (nSPS) is 14.7. The molecule has 7 nitrogen and oxygen atoms in total. The van der Waals surface area contributed by atoms with Crippen molar-refractivity contribution < 1.29 is 4.79 Å². The zero-order chi connectivity index (χ0) is 20.9. The van der Waals surface area contributed by atoms with E-state index in [0.717, 1.165) is 58.8 Å². The molecule has 30 heavy (non-hydrogen) atoms. The molecule has 0 aliphatic carbocycles. The number of carbonyl (C=O) groups excluding carboxylic acids is 1. The molecule has 0 saturated carbocycles. The molecule has 2 aromatic heterocycles. The summed E-state index contributed by atoms with van der Waals surface area (Å²) in [5, 5.41) is 7.09. The largest absolute Gasteiger partial charge is 0.342 e. The second kappa shape index (κ2) is 9.32. The predicted molar refractivity (Wildman–Crippen MR) is 120 cm³/mol. The number of likely N-dealkylation sites (tertiary alicyclic amines) is 1. The van der Waals surface area contributed by atoms with Gasteiger partial charge in [0, 0.05) is 37.0 Å². The maximum absolute atomic E-state index is 12.1. The van der Waals surface area contributed by atoms with Gasteiger partial charge in [-0.3, -0.25) is 4.79 Å². The Hall–Kier alpha value is -2.84. The van der Waals surface area contributed by atoms with Gasteiger partial charge in [0.05, 0.1) is 11.4 Å². The second-order valence-corrected chi connectivity index (χ2v) is 8.46. The number of thiazole rings is 1. The van der Waals surface area contributed by atoms with Gasteiger partial charge in [0.25, 0.3) is 0 Å². The van der Waals surface area contributed by atoms with E-state index in [1.165, 1.54) is 0 Å². The molecule has 0 bridgehead atoms. The number of nitrogens with zero attached hydrogens (tertiary/aromatic N) is 4. The highest BCUT2D eigenvalue weighted by molar-refractivity contribution is 7.18. The molecule has 0 radical (unpaired) electrons. The minimum Gasteiger partial charge on any atom is -0.342 e. The Balaban J connectivity index is 1.44. The van der Waals surface area contributed by atoms with Crippen LogP contribution in [0.1, 0.15) is 30.3 Å². The molecule has 1 aromatic carbocycles. The van der Waals surface area contributed by atoms with Gasteiger partial charge in [-0.2, -0.15) is 0 Å². The summed E-state index contributed by atoms with van der Waals surface area (Å²) in [5.74, 6) is 2.00. The summed E-state index contributed by atoms with van der Waals surface area (Å²) in [6.07, 6.45) is 3.72. The number of carbonyl (C=O) groups is 1. The van der Waals surface area contributed by atoms with Gasteiger partial charge in [0.2, 0.25) is 5.91 Å². The lowest BCUT2D eigenvalue weighted by Crippen LogP contribution is -2.42. The first-order valence-corrected chi connectivity index (χ1v) is 11.0. The number of amides is 1. The fourth-order valence-electron chi connectivity index (χ4n) is 3.73. The summed E-state index contributed by atoms with van der Waals surface area (Å²) in [4.78, 5) is 28.8. The molecule has 1 saturated heterocycles. The molecule has 3 heterocycles. The molecule has 4 rings (SSSR count). The van der Waals surface area contributed by atoms with Crippen molar-refractivity contribution in [2.75, 3.05) is 32.0 Å². The van der Waals surface area contributed by atoms with Crippen LogP contribution < -0.4 is 10.6 Å². The average molecular weight is 423 g/mol. The first-order chi connectivity index (χ1) is 14.6. The Kier molecular flexibility index (Phi) is 6.35. The fourth-order valence-corrected chi connectivity index (χ4v) is 4.56. The van der Waals surface area contributed by atoms with Gasteiger partial charge in [-0.1, -0.05) is 41.7 Å². The average Bonchev–Trinajstić information content (AvgIpc) is 3.23. The van der Waals surface area contributed by atoms with E-state index in [1.807, 2.05) is 42.3 Å². The lowest BCUT2D eigenvalue weighted by atomic mass is 9.93. The minimum atomic E-state index is 0.162. The monoisotopic (exact) mass is 422 g/mol. The Morgan fingerprint density at radius 1 is 1.20 bits per heavy atom. The molecule has 1 fully saturated rings. The standard InChI is InChI=1S/C22H26N6OS/c1-15-25-18(16-8-10-28(11-9-16)21(29)14-23-2)12-20(26-15)27-22-24-13-19(30-22)17-6-4-3-5-7-17/h3-7,12-13,16,23H,8-11,14H2,1-2H3,(H,24,25,26,27). The Morgan fingerprint density at radius 2 is 1.97 bits per heavy atom. The van der Waals surface area contributed by atoms with Crippen LogP contribution in [-0.4, -0.2) is 52.4 Å². The van der Waals surface area contributed by atoms with Crippen LogP contribution in [0.5, 0.6) is 0 Å². The number of aromatic nitrogens is 3. The number of rotatable bonds is 6. The van der Waals surface area contributed by atoms with Crippen LogP contribution in [0.25, 0.3) is 10.4 Å². The smallest absolute Gasteiger partial charge is 0.236 e. The molecule has 1 aliphatic heterocycles. The third kappa shape index (κ3) is 4.83. The Morgan fingerprint density at radius 3 is 2.70 bits per heavy atom. The number of anilines is 2. The van der Waals surface area contributed by atoms with E-state index in [4.69, 9.17) is 0 Å². The number of aryl methyl sites for hydroxylation is 1. The van der Waals surface area contributed by atoms with Crippen LogP contribution >= 0.6 is 11.3 Å². The van der Waals surface area contributed by atoms with Crippen molar-refractivity contribution in [3.63, 3.8) is 0 Å². The van der Waals surface area contributed by atoms with E-state index in [1.54, 1.807) is 18.4 Å². The van der Waals surface area contributed by atoms with Gasteiger partial charge < -0.3 is 15.5 Å². The van der Waals surface area contributed by atoms with Crippen LogP contribution in [0.4, 0.5) is 10.9 Å². The molecule has 8 heteroatoms. The molecule has 1 aliphatic rings. The van der Waals surface area contributed by atoms with Crippen LogP contribution in [0.2, 0.25) is 0 Å². The summed E-state index contributed by atoms with van der Waals surface area (Å²) in [5.41, 5.74) is 2.19. The fraction of sp³-hybridized carbons (Fsp3) is 0.364. The number of hydrogen-bond acceptors (Lipinski definition) is 7. The first kappa shape index (κ1) is 20.4. The maximum Gasteiger partial charge on any atom is 0.236 e. The lowest BCUT2D eigenvalue weighted by Gasteiger charge is -2.32. The second-order valence-electron chi connectivity index (χ2n) is 7.43. The molecule has 0 spiro atoms. The number of benzene rings is 1. The van der Waals surface area contributed by atoms with Crippen LogP contribution in [0.3, 0.4) is 0 Å². The third-order valence-electron chi connectivity index (χ3n) is 5.25. The molecule has 3 aromatic rings. The van der Waals surface area contributed by atoms with Gasteiger partial charge in [0.1, 0.15) is 11.6 Å². The van der Waals surface area contributed by atoms with Crippen LogP contribution in [0.15, 0.2) is 42.6 Å². The van der Waals surface area contributed by atoms with Crippen LogP contribution in [0, 0.1) is 6.92 Å². The maximum atomic E-state index is 12.1. The van der Waals surface area contributed by atoms with Crippen molar-refractivity contribution in [3.05, 3.63) is 54.1 Å². The lowest BCUT2D eigenvalue weighted by molar-refractivity contribution is -0.131. The van der Waals surface area contributed by atoms with E-state index < -0.39 is 0 Å². The molecule has 156 valence electrons. The van der Waals surface area contributed by atoms with Gasteiger partial charge in [-0.05, 0) is 32.4 Å². The van der Waals surface area contributed by atoms with E-state index in [0.29, 0.717) is 12.5 Å². The molecule has 2 N–H and O–H groups in total. The van der Waals surface area contributed by atoms with Gasteiger partial charge in [-0.25, -0.2) is 15.0 Å². The molecule has 0 atom stereocenters. The predicted octanol–water partition coefficient (Wildman–Crippen LogP) is 3.58. The van der Waals surface area contributed by atoms with Crippen molar-refractivity contribution in [2.45, 2.75) is 25.7 Å².